The molecule has 0 unspecified atom stereocenters. The van der Waals surface area contributed by atoms with Crippen molar-refractivity contribution in [1.29, 1.82) is 0 Å². The van der Waals surface area contributed by atoms with Gasteiger partial charge in [-0.15, -0.1) is 0 Å². The Balaban J connectivity index is 1.44. The predicted molar refractivity (Wildman–Crippen MR) is 117 cm³/mol. The third kappa shape index (κ3) is 3.76. The maximum Gasteiger partial charge on any atom is 0.257 e. The van der Waals surface area contributed by atoms with Crippen LogP contribution in [0.3, 0.4) is 0 Å². The Kier molecular flexibility index (Phi) is 4.68. The van der Waals surface area contributed by atoms with Gasteiger partial charge in [0, 0.05) is 42.3 Å². The molecule has 2 aromatic carbocycles. The number of rotatable bonds is 6. The smallest absolute Gasteiger partial charge is 0.257 e. The number of H-pyrrole nitrogens is 1. The summed E-state index contributed by atoms with van der Waals surface area (Å²) in [7, 11) is 1.57. The summed E-state index contributed by atoms with van der Waals surface area (Å²) in [6, 6.07) is 13.4. The Morgan fingerprint density at radius 2 is 2.06 bits per heavy atom. The molecule has 3 aromatic heterocycles. The van der Waals surface area contributed by atoms with E-state index in [0.717, 1.165) is 27.8 Å². The molecule has 0 fully saturated rings. The maximum absolute atomic E-state index is 11.3. The first-order chi connectivity index (χ1) is 15.2. The van der Waals surface area contributed by atoms with Crippen LogP contribution in [0.15, 0.2) is 67.3 Å². The van der Waals surface area contributed by atoms with Gasteiger partial charge in [0.2, 0.25) is 0 Å². The van der Waals surface area contributed by atoms with Crippen molar-refractivity contribution in [2.75, 3.05) is 19.0 Å². The molecule has 0 atom stereocenters. The number of likely N-dealkylation sites (N-methyl/N-ethyl adjacent to an activating group) is 1. The van der Waals surface area contributed by atoms with Crippen molar-refractivity contribution in [3.8, 4) is 17.0 Å². The number of carbonyl (C=O) groups is 1. The molecule has 0 saturated heterocycles. The normalized spacial score (nSPS) is 11.0. The summed E-state index contributed by atoms with van der Waals surface area (Å²) in [5.41, 5.74) is 4.26. The number of carbonyl (C=O) groups excluding carboxylic acids is 1. The number of anilines is 2. The molecule has 0 bridgehead atoms. The number of amides is 1. The molecule has 0 spiro atoms. The SMILES string of the molecule is CNC(=O)COc1ccc(Nc2nc(-c3ccc4cn[nH]c4c3)cn3ccnc23)cc1. The van der Waals surface area contributed by atoms with Crippen LogP contribution in [0.5, 0.6) is 5.75 Å². The first-order valence-corrected chi connectivity index (χ1v) is 9.67. The number of nitrogens with one attached hydrogen (secondary N) is 3. The van der Waals surface area contributed by atoms with Crippen molar-refractivity contribution in [1.82, 2.24) is 29.9 Å². The van der Waals surface area contributed by atoms with Crippen molar-refractivity contribution in [2.24, 2.45) is 0 Å². The Morgan fingerprint density at radius 3 is 2.90 bits per heavy atom. The van der Waals surface area contributed by atoms with E-state index in [9.17, 15) is 4.79 Å². The fourth-order valence-electron chi connectivity index (χ4n) is 3.24. The fourth-order valence-corrected chi connectivity index (χ4v) is 3.24. The molecule has 3 N–H and O–H groups in total. The molecule has 1 amide bonds. The van der Waals surface area contributed by atoms with Crippen molar-refractivity contribution in [3.63, 3.8) is 0 Å². The largest absolute Gasteiger partial charge is 0.484 e. The first kappa shape index (κ1) is 18.6. The van der Waals surface area contributed by atoms with Crippen LogP contribution >= 0.6 is 0 Å². The molecule has 0 aliphatic heterocycles. The highest BCUT2D eigenvalue weighted by Gasteiger charge is 2.11. The number of ether oxygens (including phenoxy) is 1. The van der Waals surface area contributed by atoms with E-state index in [-0.39, 0.29) is 12.5 Å². The number of aromatic nitrogens is 5. The van der Waals surface area contributed by atoms with Gasteiger partial charge in [-0.3, -0.25) is 9.89 Å². The minimum atomic E-state index is -0.182. The minimum Gasteiger partial charge on any atom is -0.484 e. The van der Waals surface area contributed by atoms with Crippen molar-refractivity contribution in [2.45, 2.75) is 0 Å². The highest BCUT2D eigenvalue weighted by molar-refractivity contribution is 5.84. The molecule has 3 heterocycles. The Labute approximate surface area is 177 Å². The molecule has 31 heavy (non-hydrogen) atoms. The van der Waals surface area contributed by atoms with Crippen molar-refractivity contribution < 1.29 is 9.53 Å². The molecule has 9 heteroatoms. The van der Waals surface area contributed by atoms with Crippen LogP contribution in [0, 0.1) is 0 Å². The molecule has 9 nitrogen and oxygen atoms in total. The predicted octanol–water partition coefficient (Wildman–Crippen LogP) is 3.14. The second-order valence-corrected chi connectivity index (χ2v) is 6.92. The van der Waals surface area contributed by atoms with Gasteiger partial charge < -0.3 is 19.8 Å². The second-order valence-electron chi connectivity index (χ2n) is 6.92. The molecule has 154 valence electrons. The maximum atomic E-state index is 11.3. The van der Waals surface area contributed by atoms with E-state index in [1.807, 2.05) is 47.1 Å². The molecule has 5 aromatic rings. The van der Waals surface area contributed by atoms with Crippen LogP contribution in [0.1, 0.15) is 0 Å². The van der Waals surface area contributed by atoms with E-state index in [2.05, 4.69) is 25.8 Å². The van der Waals surface area contributed by atoms with Gasteiger partial charge in [0.1, 0.15) is 5.75 Å². The molecular weight excluding hydrogens is 394 g/mol. The van der Waals surface area contributed by atoms with E-state index in [0.29, 0.717) is 17.2 Å². The van der Waals surface area contributed by atoms with Crippen LogP contribution in [-0.4, -0.2) is 44.1 Å². The van der Waals surface area contributed by atoms with Crippen LogP contribution in [-0.2, 0) is 4.79 Å². The number of nitrogens with zero attached hydrogens (tertiary/aromatic N) is 4. The summed E-state index contributed by atoms with van der Waals surface area (Å²) in [6.07, 6.45) is 7.36. The topological polar surface area (TPSA) is 109 Å². The van der Waals surface area contributed by atoms with E-state index in [1.165, 1.54) is 0 Å². The summed E-state index contributed by atoms with van der Waals surface area (Å²) in [6.45, 7) is -0.0255. The quantitative estimate of drug-likeness (QED) is 0.395. The molecule has 0 saturated carbocycles. The second kappa shape index (κ2) is 7.79. The third-order valence-electron chi connectivity index (χ3n) is 4.88. The van der Waals surface area contributed by atoms with E-state index in [1.54, 1.807) is 31.6 Å². The van der Waals surface area contributed by atoms with Crippen LogP contribution in [0.4, 0.5) is 11.5 Å². The monoisotopic (exact) mass is 413 g/mol. The van der Waals surface area contributed by atoms with Gasteiger partial charge in [-0.05, 0) is 30.3 Å². The molecule has 0 aliphatic carbocycles. The van der Waals surface area contributed by atoms with E-state index in [4.69, 9.17) is 9.72 Å². The standard InChI is InChI=1S/C22H19N7O2/c1-23-20(30)13-31-17-6-4-16(5-7-17)26-21-22-24-8-9-29(22)12-19(27-21)14-2-3-15-11-25-28-18(15)10-14/h2-12H,13H2,1H3,(H,23,30)(H,25,28)(H,26,27). The zero-order chi connectivity index (χ0) is 21.2. The summed E-state index contributed by atoms with van der Waals surface area (Å²) < 4.78 is 7.38. The molecule has 0 radical (unpaired) electrons. The van der Waals surface area contributed by atoms with Gasteiger partial charge in [0.25, 0.3) is 5.91 Å². The van der Waals surface area contributed by atoms with Gasteiger partial charge in [-0.1, -0.05) is 12.1 Å². The van der Waals surface area contributed by atoms with Gasteiger partial charge >= 0.3 is 0 Å². The average molecular weight is 413 g/mol. The molecule has 0 aliphatic rings. The van der Waals surface area contributed by atoms with Gasteiger partial charge in [-0.25, -0.2) is 9.97 Å². The molecule has 5 rings (SSSR count). The third-order valence-corrected chi connectivity index (χ3v) is 4.88. The number of hydrogen-bond donors (Lipinski definition) is 3. The summed E-state index contributed by atoms with van der Waals surface area (Å²) in [5, 5.41) is 14.0. The lowest BCUT2D eigenvalue weighted by molar-refractivity contribution is -0.122. The van der Waals surface area contributed by atoms with Crippen LogP contribution in [0.2, 0.25) is 0 Å². The highest BCUT2D eigenvalue weighted by atomic mass is 16.5. The van der Waals surface area contributed by atoms with E-state index >= 15 is 0 Å². The fraction of sp³-hybridized carbons (Fsp3) is 0.0909. The lowest BCUT2D eigenvalue weighted by Gasteiger charge is -2.11. The number of aromatic amines is 1. The van der Waals surface area contributed by atoms with Crippen LogP contribution < -0.4 is 15.4 Å². The Bertz CT molecular complexity index is 1370. The Hall–Kier alpha value is -4.40. The minimum absolute atomic E-state index is 0.0255. The van der Waals surface area contributed by atoms with Gasteiger partial charge in [0.05, 0.1) is 17.4 Å². The summed E-state index contributed by atoms with van der Waals surface area (Å²) in [5.74, 6) is 1.05. The summed E-state index contributed by atoms with van der Waals surface area (Å²) in [4.78, 5) is 20.6. The van der Waals surface area contributed by atoms with Crippen LogP contribution in [0.25, 0.3) is 27.8 Å². The lowest BCUT2D eigenvalue weighted by atomic mass is 10.1. The van der Waals surface area contributed by atoms with E-state index < -0.39 is 0 Å². The Morgan fingerprint density at radius 1 is 1.19 bits per heavy atom. The lowest BCUT2D eigenvalue weighted by Crippen LogP contribution is -2.24. The first-order valence-electron chi connectivity index (χ1n) is 9.67. The molecular formula is C22H19N7O2. The average Bonchev–Trinajstić information content (AvgIpc) is 3.47. The number of benzene rings is 2. The van der Waals surface area contributed by atoms with Crippen molar-refractivity contribution in [3.05, 3.63) is 67.3 Å². The van der Waals surface area contributed by atoms with Gasteiger partial charge in [0.15, 0.2) is 18.1 Å². The number of imidazole rings is 1. The van der Waals surface area contributed by atoms with Crippen molar-refractivity contribution >= 4 is 34.0 Å². The number of hydrogen-bond acceptors (Lipinski definition) is 6. The number of fused-ring (bicyclic) bond motifs is 2. The van der Waals surface area contributed by atoms with Gasteiger partial charge in [-0.2, -0.15) is 5.10 Å². The highest BCUT2D eigenvalue weighted by Crippen LogP contribution is 2.27. The zero-order valence-electron chi connectivity index (χ0n) is 16.7. The summed E-state index contributed by atoms with van der Waals surface area (Å²) >= 11 is 0. The zero-order valence-corrected chi connectivity index (χ0v) is 16.7.